The number of hydrogen-bond donors (Lipinski definition) is 1. The van der Waals surface area contributed by atoms with Gasteiger partial charge >= 0.3 is 0 Å². The van der Waals surface area contributed by atoms with Gasteiger partial charge in [0.2, 0.25) is 5.95 Å². The predicted molar refractivity (Wildman–Crippen MR) is 97.4 cm³/mol. The smallest absolute Gasteiger partial charge is 0.225 e. The van der Waals surface area contributed by atoms with Crippen LogP contribution in [0.3, 0.4) is 0 Å². The summed E-state index contributed by atoms with van der Waals surface area (Å²) >= 11 is 0. The summed E-state index contributed by atoms with van der Waals surface area (Å²) in [5, 5.41) is 3.58. The van der Waals surface area contributed by atoms with Gasteiger partial charge < -0.3 is 20.0 Å². The molecule has 0 aromatic carbocycles. The highest BCUT2D eigenvalue weighted by molar-refractivity contribution is 5.80. The van der Waals surface area contributed by atoms with Crippen LogP contribution in [0.4, 0.5) is 5.95 Å². The van der Waals surface area contributed by atoms with Crippen molar-refractivity contribution in [3.05, 3.63) is 18.5 Å². The third kappa shape index (κ3) is 4.35. The molecule has 1 N–H and O–H groups in total. The van der Waals surface area contributed by atoms with Gasteiger partial charge in [-0.2, -0.15) is 0 Å². The van der Waals surface area contributed by atoms with Crippen molar-refractivity contribution in [1.82, 2.24) is 25.1 Å². The number of nitrogens with one attached hydrogen (secondary N) is 1. The van der Waals surface area contributed by atoms with E-state index in [0.717, 1.165) is 50.5 Å². The van der Waals surface area contributed by atoms with E-state index in [-0.39, 0.29) is 0 Å². The fraction of sp³-hybridized carbons (Fsp3) is 0.706. The lowest BCUT2D eigenvalue weighted by Crippen LogP contribution is -2.53. The summed E-state index contributed by atoms with van der Waals surface area (Å²) < 4.78 is 0. The number of piperidine rings is 1. The minimum Gasteiger partial charge on any atom is -0.356 e. The maximum Gasteiger partial charge on any atom is 0.225 e. The second-order valence-electron chi connectivity index (χ2n) is 6.72. The number of aromatic nitrogens is 2. The average Bonchev–Trinajstić information content (AvgIpc) is 2.64. The third-order valence-electron chi connectivity index (χ3n) is 4.90. The van der Waals surface area contributed by atoms with Crippen LogP contribution >= 0.6 is 0 Å². The number of aliphatic imine (C=N–C) groups is 1. The molecule has 1 unspecified atom stereocenters. The number of likely N-dealkylation sites (tertiary alicyclic amines) is 1. The Bertz CT molecular complexity index is 525. The molecule has 2 fully saturated rings. The molecule has 2 aliphatic rings. The third-order valence-corrected chi connectivity index (χ3v) is 4.90. The molecule has 0 bridgehead atoms. The maximum absolute atomic E-state index is 4.48. The summed E-state index contributed by atoms with van der Waals surface area (Å²) in [6.45, 7) is 7.18. The first-order valence-electron chi connectivity index (χ1n) is 8.92. The first-order valence-corrected chi connectivity index (χ1v) is 8.92. The zero-order chi connectivity index (χ0) is 16.8. The van der Waals surface area contributed by atoms with Gasteiger partial charge in [0, 0.05) is 58.7 Å². The van der Waals surface area contributed by atoms with Gasteiger partial charge in [0.15, 0.2) is 5.96 Å². The lowest BCUT2D eigenvalue weighted by atomic mass is 9.98. The van der Waals surface area contributed by atoms with Gasteiger partial charge in [-0.25, -0.2) is 9.97 Å². The highest BCUT2D eigenvalue weighted by Crippen LogP contribution is 2.14. The molecule has 1 aromatic rings. The van der Waals surface area contributed by atoms with Gasteiger partial charge in [0.1, 0.15) is 0 Å². The Morgan fingerprint density at radius 3 is 2.62 bits per heavy atom. The lowest BCUT2D eigenvalue weighted by Gasteiger charge is -2.37. The molecule has 7 heteroatoms. The van der Waals surface area contributed by atoms with Gasteiger partial charge in [-0.05, 0) is 38.4 Å². The number of hydrogen-bond acceptors (Lipinski definition) is 5. The molecule has 132 valence electrons. The highest BCUT2D eigenvalue weighted by atomic mass is 15.4. The van der Waals surface area contributed by atoms with Crippen molar-refractivity contribution >= 4 is 11.9 Å². The fourth-order valence-electron chi connectivity index (χ4n) is 3.58. The second-order valence-corrected chi connectivity index (χ2v) is 6.72. The zero-order valence-corrected chi connectivity index (χ0v) is 14.9. The van der Waals surface area contributed by atoms with Crippen molar-refractivity contribution in [3.8, 4) is 0 Å². The highest BCUT2D eigenvalue weighted by Gasteiger charge is 2.22. The van der Waals surface area contributed by atoms with E-state index >= 15 is 0 Å². The van der Waals surface area contributed by atoms with Crippen LogP contribution in [-0.2, 0) is 0 Å². The second kappa shape index (κ2) is 8.28. The number of piperazine rings is 1. The summed E-state index contributed by atoms with van der Waals surface area (Å²) in [4.78, 5) is 20.2. The van der Waals surface area contributed by atoms with Gasteiger partial charge in [0.25, 0.3) is 0 Å². The van der Waals surface area contributed by atoms with E-state index in [4.69, 9.17) is 0 Å². The summed E-state index contributed by atoms with van der Waals surface area (Å²) in [5.74, 6) is 2.57. The number of nitrogens with zero attached hydrogens (tertiary/aromatic N) is 6. The molecule has 7 nitrogen and oxygen atoms in total. The average molecular weight is 331 g/mol. The van der Waals surface area contributed by atoms with Crippen molar-refractivity contribution in [2.24, 2.45) is 10.9 Å². The fourth-order valence-corrected chi connectivity index (χ4v) is 3.58. The molecule has 3 rings (SSSR count). The number of rotatable bonds is 3. The SMILES string of the molecule is CN=C(NCC1CCCN(C)C1)N1CCN(c2ncccn2)CC1. The Kier molecular flexibility index (Phi) is 5.85. The largest absolute Gasteiger partial charge is 0.356 e. The molecule has 0 saturated carbocycles. The van der Waals surface area contributed by atoms with Crippen LogP contribution in [0.5, 0.6) is 0 Å². The van der Waals surface area contributed by atoms with Gasteiger partial charge in [0.05, 0.1) is 0 Å². The Morgan fingerprint density at radius 2 is 1.96 bits per heavy atom. The van der Waals surface area contributed by atoms with Crippen LogP contribution in [0, 0.1) is 5.92 Å². The molecule has 2 saturated heterocycles. The van der Waals surface area contributed by atoms with Crippen molar-refractivity contribution < 1.29 is 0 Å². The summed E-state index contributed by atoms with van der Waals surface area (Å²) in [6, 6.07) is 1.86. The van der Waals surface area contributed by atoms with Gasteiger partial charge in [-0.15, -0.1) is 0 Å². The van der Waals surface area contributed by atoms with Crippen molar-refractivity contribution in [2.75, 3.05) is 64.8 Å². The summed E-state index contributed by atoms with van der Waals surface area (Å²) in [7, 11) is 4.09. The number of anilines is 1. The normalized spacial score (nSPS) is 23.4. The lowest BCUT2D eigenvalue weighted by molar-refractivity contribution is 0.209. The predicted octanol–water partition coefficient (Wildman–Crippen LogP) is 0.516. The van der Waals surface area contributed by atoms with E-state index in [2.05, 4.69) is 42.0 Å². The molecule has 24 heavy (non-hydrogen) atoms. The quantitative estimate of drug-likeness (QED) is 0.643. The maximum atomic E-state index is 4.48. The van der Waals surface area contributed by atoms with E-state index in [1.54, 1.807) is 12.4 Å². The van der Waals surface area contributed by atoms with Gasteiger partial charge in [-0.3, -0.25) is 4.99 Å². The van der Waals surface area contributed by atoms with E-state index in [9.17, 15) is 0 Å². The molecular formula is C17H29N7. The van der Waals surface area contributed by atoms with Gasteiger partial charge in [-0.1, -0.05) is 0 Å². The first-order chi connectivity index (χ1) is 11.8. The molecule has 0 spiro atoms. The molecule has 0 aliphatic carbocycles. The molecule has 0 amide bonds. The monoisotopic (exact) mass is 331 g/mol. The van der Waals surface area contributed by atoms with Crippen LogP contribution in [0.1, 0.15) is 12.8 Å². The summed E-state index contributed by atoms with van der Waals surface area (Å²) in [6.07, 6.45) is 6.22. The number of guanidine groups is 1. The van der Waals surface area contributed by atoms with E-state index < -0.39 is 0 Å². The first kappa shape index (κ1) is 17.0. The molecule has 3 heterocycles. The standard InChI is InChI=1S/C17H29N7/c1-18-16(21-13-15-5-3-8-22(2)14-15)23-9-11-24(12-10-23)17-19-6-4-7-20-17/h4,6-7,15H,3,5,8-14H2,1-2H3,(H,18,21). The van der Waals surface area contributed by atoms with Crippen LogP contribution < -0.4 is 10.2 Å². The topological polar surface area (TPSA) is 59.9 Å². The molecule has 1 aromatic heterocycles. The van der Waals surface area contributed by atoms with E-state index in [1.165, 1.54) is 25.9 Å². The molecular weight excluding hydrogens is 302 g/mol. The van der Waals surface area contributed by atoms with Crippen LogP contribution in [0.25, 0.3) is 0 Å². The Balaban J connectivity index is 1.47. The Labute approximate surface area is 144 Å². The Hall–Kier alpha value is -1.89. The van der Waals surface area contributed by atoms with Crippen LogP contribution in [-0.4, -0.2) is 85.6 Å². The molecule has 1 atom stereocenters. The van der Waals surface area contributed by atoms with Crippen molar-refractivity contribution in [2.45, 2.75) is 12.8 Å². The van der Waals surface area contributed by atoms with Crippen molar-refractivity contribution in [1.29, 1.82) is 0 Å². The molecule has 0 radical (unpaired) electrons. The van der Waals surface area contributed by atoms with E-state index in [1.807, 2.05) is 13.1 Å². The van der Waals surface area contributed by atoms with Crippen LogP contribution in [0.15, 0.2) is 23.5 Å². The zero-order valence-electron chi connectivity index (χ0n) is 14.9. The Morgan fingerprint density at radius 1 is 1.21 bits per heavy atom. The van der Waals surface area contributed by atoms with E-state index in [0.29, 0.717) is 0 Å². The molecule has 2 aliphatic heterocycles. The van der Waals surface area contributed by atoms with Crippen LogP contribution in [0.2, 0.25) is 0 Å². The minimum absolute atomic E-state index is 0.722. The summed E-state index contributed by atoms with van der Waals surface area (Å²) in [5.41, 5.74) is 0. The minimum atomic E-state index is 0.722. The van der Waals surface area contributed by atoms with Crippen molar-refractivity contribution in [3.63, 3.8) is 0 Å².